The van der Waals surface area contributed by atoms with E-state index in [1.165, 1.54) is 14.2 Å². The average molecular weight is 328 g/mol. The molecule has 0 amide bonds. The van der Waals surface area contributed by atoms with Crippen molar-refractivity contribution in [3.05, 3.63) is 59.7 Å². The van der Waals surface area contributed by atoms with Gasteiger partial charge in [0.05, 0.1) is 14.2 Å². The van der Waals surface area contributed by atoms with Crippen LogP contribution in [0.4, 0.5) is 9.59 Å². The zero-order chi connectivity index (χ0) is 17.4. The Hall–Kier alpha value is -3.28. The van der Waals surface area contributed by atoms with Crippen LogP contribution in [-0.2, 0) is 9.47 Å². The van der Waals surface area contributed by atoms with Gasteiger partial charge in [0.1, 0.15) is 11.5 Å². The van der Waals surface area contributed by atoms with Gasteiger partial charge in [-0.3, -0.25) is 0 Å². The molecule has 0 saturated carbocycles. The van der Waals surface area contributed by atoms with Gasteiger partial charge in [-0.1, -0.05) is 36.4 Å². The zero-order valence-electron chi connectivity index (χ0n) is 13.2. The summed E-state index contributed by atoms with van der Waals surface area (Å²) in [7, 11) is 2.49. The number of carbonyl (C=O) groups is 2. The van der Waals surface area contributed by atoms with E-state index >= 15 is 0 Å². The quantitative estimate of drug-likeness (QED) is 0.477. The fourth-order valence-corrected chi connectivity index (χ4v) is 1.83. The lowest BCUT2D eigenvalue weighted by Crippen LogP contribution is -2.07. The standard InChI is InChI=1S/C18H16O6/c1-21-17(19)23-15-7-3-5-13(11-15)9-10-14-6-4-8-16(12-14)24-18(20)22-2/h3-12H,1-2H3/b10-9+. The lowest BCUT2D eigenvalue weighted by atomic mass is 10.1. The highest BCUT2D eigenvalue weighted by Gasteiger charge is 2.04. The first kappa shape index (κ1) is 17.1. The van der Waals surface area contributed by atoms with E-state index in [2.05, 4.69) is 9.47 Å². The normalized spacial score (nSPS) is 10.2. The zero-order valence-corrected chi connectivity index (χ0v) is 13.2. The molecule has 0 unspecified atom stereocenters. The lowest BCUT2D eigenvalue weighted by Gasteiger charge is -2.04. The van der Waals surface area contributed by atoms with E-state index in [1.54, 1.807) is 36.4 Å². The number of ether oxygens (including phenoxy) is 4. The van der Waals surface area contributed by atoms with Gasteiger partial charge in [0.25, 0.3) is 0 Å². The first-order valence-corrected chi connectivity index (χ1v) is 7.00. The van der Waals surface area contributed by atoms with Crippen LogP contribution in [-0.4, -0.2) is 26.5 Å². The van der Waals surface area contributed by atoms with E-state index in [4.69, 9.17) is 9.47 Å². The van der Waals surface area contributed by atoms with Crippen molar-refractivity contribution in [2.24, 2.45) is 0 Å². The van der Waals surface area contributed by atoms with Crippen LogP contribution in [0.3, 0.4) is 0 Å². The molecule has 2 rings (SSSR count). The van der Waals surface area contributed by atoms with Crippen molar-refractivity contribution in [3.63, 3.8) is 0 Å². The smallest absolute Gasteiger partial charge is 0.437 e. The Morgan fingerprint density at radius 3 is 1.54 bits per heavy atom. The lowest BCUT2D eigenvalue weighted by molar-refractivity contribution is 0.120. The molecule has 0 fully saturated rings. The summed E-state index contributed by atoms with van der Waals surface area (Å²) in [6.45, 7) is 0. The molecule has 0 heterocycles. The first-order chi connectivity index (χ1) is 11.6. The first-order valence-electron chi connectivity index (χ1n) is 7.00. The van der Waals surface area contributed by atoms with Crippen molar-refractivity contribution >= 4 is 24.5 Å². The highest BCUT2D eigenvalue weighted by molar-refractivity contribution is 5.72. The van der Waals surface area contributed by atoms with Crippen molar-refractivity contribution in [1.29, 1.82) is 0 Å². The monoisotopic (exact) mass is 328 g/mol. The van der Waals surface area contributed by atoms with Gasteiger partial charge >= 0.3 is 12.3 Å². The second kappa shape index (κ2) is 8.38. The summed E-state index contributed by atoms with van der Waals surface area (Å²) >= 11 is 0. The maximum atomic E-state index is 11.1. The Bertz CT molecular complexity index is 687. The van der Waals surface area contributed by atoms with Gasteiger partial charge in [0.2, 0.25) is 0 Å². The highest BCUT2D eigenvalue weighted by atomic mass is 16.7. The molecule has 0 atom stereocenters. The SMILES string of the molecule is COC(=O)Oc1cccc(/C=C/c2cccc(OC(=O)OC)c2)c1. The van der Waals surface area contributed by atoms with E-state index in [9.17, 15) is 9.59 Å². The van der Waals surface area contributed by atoms with Crippen LogP contribution >= 0.6 is 0 Å². The molecule has 0 aliphatic rings. The van der Waals surface area contributed by atoms with Gasteiger partial charge in [-0.25, -0.2) is 9.59 Å². The van der Waals surface area contributed by atoms with Gasteiger partial charge in [-0.05, 0) is 35.4 Å². The summed E-state index contributed by atoms with van der Waals surface area (Å²) in [5.41, 5.74) is 1.66. The Morgan fingerprint density at radius 1 is 0.750 bits per heavy atom. The molecule has 124 valence electrons. The van der Waals surface area contributed by atoms with Crippen molar-refractivity contribution in [2.75, 3.05) is 14.2 Å². The third-order valence-electron chi connectivity index (χ3n) is 2.92. The van der Waals surface area contributed by atoms with Gasteiger partial charge in [0, 0.05) is 0 Å². The molecule has 0 bridgehead atoms. The number of benzene rings is 2. The fraction of sp³-hybridized carbons (Fsp3) is 0.111. The Labute approximate surface area is 139 Å². The van der Waals surface area contributed by atoms with E-state index < -0.39 is 12.3 Å². The molecule has 0 aliphatic heterocycles. The molecule has 0 spiro atoms. The minimum absolute atomic E-state index is 0.381. The second-order valence-electron chi connectivity index (χ2n) is 4.59. The number of hydrogen-bond acceptors (Lipinski definition) is 6. The van der Waals surface area contributed by atoms with Crippen LogP contribution in [0, 0.1) is 0 Å². The van der Waals surface area contributed by atoms with Gasteiger partial charge in [-0.2, -0.15) is 0 Å². The van der Waals surface area contributed by atoms with E-state index in [-0.39, 0.29) is 0 Å². The number of methoxy groups -OCH3 is 2. The van der Waals surface area contributed by atoms with Crippen LogP contribution in [0.15, 0.2) is 48.5 Å². The summed E-state index contributed by atoms with van der Waals surface area (Å²) in [6.07, 6.45) is 2.12. The van der Waals surface area contributed by atoms with Crippen molar-refractivity contribution in [3.8, 4) is 11.5 Å². The molecule has 0 aromatic heterocycles. The Kier molecular flexibility index (Phi) is 5.96. The van der Waals surface area contributed by atoms with E-state index in [0.717, 1.165) is 11.1 Å². The molecule has 0 radical (unpaired) electrons. The largest absolute Gasteiger partial charge is 0.513 e. The summed E-state index contributed by atoms with van der Waals surface area (Å²) in [5, 5.41) is 0. The van der Waals surface area contributed by atoms with Crippen LogP contribution in [0.2, 0.25) is 0 Å². The molecule has 6 nitrogen and oxygen atoms in total. The minimum atomic E-state index is -0.774. The average Bonchev–Trinajstić information content (AvgIpc) is 2.60. The van der Waals surface area contributed by atoms with Crippen molar-refractivity contribution < 1.29 is 28.5 Å². The van der Waals surface area contributed by atoms with E-state index in [1.807, 2.05) is 24.3 Å². The molecular formula is C18H16O6. The molecule has 0 N–H and O–H groups in total. The second-order valence-corrected chi connectivity index (χ2v) is 4.59. The van der Waals surface area contributed by atoms with Gasteiger partial charge in [0.15, 0.2) is 0 Å². The third kappa shape index (κ3) is 5.17. The Morgan fingerprint density at radius 2 is 1.17 bits per heavy atom. The molecule has 2 aromatic carbocycles. The number of rotatable bonds is 4. The summed E-state index contributed by atoms with van der Waals surface area (Å²) in [4.78, 5) is 22.2. The predicted molar refractivity (Wildman–Crippen MR) is 87.9 cm³/mol. The maximum Gasteiger partial charge on any atom is 0.513 e. The van der Waals surface area contributed by atoms with Crippen molar-refractivity contribution in [2.45, 2.75) is 0 Å². The van der Waals surface area contributed by atoms with Crippen LogP contribution in [0.1, 0.15) is 11.1 Å². The third-order valence-corrected chi connectivity index (χ3v) is 2.92. The summed E-state index contributed by atoms with van der Waals surface area (Å²) < 4.78 is 18.8. The molecule has 2 aromatic rings. The number of hydrogen-bond donors (Lipinski definition) is 0. The fourth-order valence-electron chi connectivity index (χ4n) is 1.83. The van der Waals surface area contributed by atoms with Crippen molar-refractivity contribution in [1.82, 2.24) is 0 Å². The molecular weight excluding hydrogens is 312 g/mol. The van der Waals surface area contributed by atoms with E-state index in [0.29, 0.717) is 11.5 Å². The Balaban J connectivity index is 2.10. The maximum absolute atomic E-state index is 11.1. The van der Waals surface area contributed by atoms with Gasteiger partial charge < -0.3 is 18.9 Å². The summed E-state index contributed by atoms with van der Waals surface area (Å²) in [5.74, 6) is 0.763. The molecule has 6 heteroatoms. The van der Waals surface area contributed by atoms with Gasteiger partial charge in [-0.15, -0.1) is 0 Å². The molecule has 24 heavy (non-hydrogen) atoms. The topological polar surface area (TPSA) is 71.1 Å². The highest BCUT2D eigenvalue weighted by Crippen LogP contribution is 2.19. The number of carbonyl (C=O) groups excluding carboxylic acids is 2. The van der Waals surface area contributed by atoms with Crippen LogP contribution in [0.25, 0.3) is 12.2 Å². The van der Waals surface area contributed by atoms with Crippen LogP contribution < -0.4 is 9.47 Å². The molecule has 0 aliphatic carbocycles. The van der Waals surface area contributed by atoms with Crippen LogP contribution in [0.5, 0.6) is 11.5 Å². The predicted octanol–water partition coefficient (Wildman–Crippen LogP) is 4.15. The summed E-state index contributed by atoms with van der Waals surface area (Å²) in [6, 6.07) is 13.9. The minimum Gasteiger partial charge on any atom is -0.437 e. The molecule has 0 saturated heterocycles.